The molecular weight excluding hydrogens is 538 g/mol. The molecule has 214 valence electrons. The first kappa shape index (κ1) is 28.2. The fourth-order valence-electron chi connectivity index (χ4n) is 4.91. The van der Waals surface area contributed by atoms with Crippen molar-refractivity contribution in [1.82, 2.24) is 14.0 Å². The molecule has 3 aromatic rings. The summed E-state index contributed by atoms with van der Waals surface area (Å²) in [5.41, 5.74) is 1.44. The van der Waals surface area contributed by atoms with E-state index in [9.17, 15) is 9.59 Å². The van der Waals surface area contributed by atoms with Gasteiger partial charge in [-0.15, -0.1) is 0 Å². The van der Waals surface area contributed by atoms with Gasteiger partial charge in [0, 0.05) is 38.2 Å². The van der Waals surface area contributed by atoms with Crippen LogP contribution < -0.4 is 26.2 Å². The van der Waals surface area contributed by atoms with Crippen LogP contribution in [-0.4, -0.2) is 71.6 Å². The van der Waals surface area contributed by atoms with Crippen molar-refractivity contribution >= 4 is 23.1 Å². The average molecular weight is 572 g/mol. The number of nitrogens with zero attached hydrogens (tertiary/aromatic N) is 4. The normalized spacial score (nSPS) is 17.1. The van der Waals surface area contributed by atoms with Crippen LogP contribution >= 0.6 is 11.6 Å². The number of hydrogen-bond donors (Lipinski definition) is 2. The predicted molar refractivity (Wildman–Crippen MR) is 152 cm³/mol. The summed E-state index contributed by atoms with van der Waals surface area (Å²) in [7, 11) is 1.62. The zero-order valence-corrected chi connectivity index (χ0v) is 23.2. The number of aliphatic hydroxyl groups is 1. The Bertz CT molecular complexity index is 1420. The van der Waals surface area contributed by atoms with Gasteiger partial charge in [0.25, 0.3) is 11.9 Å². The third-order valence-corrected chi connectivity index (χ3v) is 7.22. The lowest BCUT2D eigenvalue weighted by atomic mass is 10.2. The molecule has 1 atom stereocenters. The molecule has 2 aromatic carbocycles. The van der Waals surface area contributed by atoms with Gasteiger partial charge in [0.05, 0.1) is 39.6 Å². The van der Waals surface area contributed by atoms with Crippen LogP contribution in [0.5, 0.6) is 5.75 Å². The van der Waals surface area contributed by atoms with Crippen molar-refractivity contribution in [3.63, 3.8) is 0 Å². The highest BCUT2D eigenvalue weighted by Crippen LogP contribution is 2.33. The summed E-state index contributed by atoms with van der Waals surface area (Å²) in [6.07, 6.45) is -0.746. The third-order valence-electron chi connectivity index (χ3n) is 6.97. The number of aliphatic hydroxyl groups excluding tert-OH is 1. The monoisotopic (exact) mass is 571 g/mol. The molecule has 12 heteroatoms. The third kappa shape index (κ3) is 6.34. The van der Waals surface area contributed by atoms with Crippen LogP contribution in [0.15, 0.2) is 58.1 Å². The molecule has 1 unspecified atom stereocenters. The Labute approximate surface area is 237 Å². The summed E-state index contributed by atoms with van der Waals surface area (Å²) < 4.78 is 19.8. The largest absolute Gasteiger partial charge is 0.452 e. The minimum absolute atomic E-state index is 0.0582. The van der Waals surface area contributed by atoms with E-state index < -0.39 is 17.6 Å². The van der Waals surface area contributed by atoms with Crippen LogP contribution in [0.1, 0.15) is 11.1 Å². The molecule has 1 aromatic heterocycles. The molecule has 11 nitrogen and oxygen atoms in total. The summed E-state index contributed by atoms with van der Waals surface area (Å²) in [5.74, 6) is 1.02. The smallest absolute Gasteiger partial charge is 0.332 e. The Hall–Kier alpha value is -3.35. The van der Waals surface area contributed by atoms with Crippen molar-refractivity contribution < 1.29 is 19.3 Å². The van der Waals surface area contributed by atoms with Crippen LogP contribution in [-0.2, 0) is 36.2 Å². The molecule has 2 aliphatic rings. The summed E-state index contributed by atoms with van der Waals surface area (Å²) >= 11 is 6.11. The second kappa shape index (κ2) is 12.9. The maximum Gasteiger partial charge on any atom is 0.332 e. The van der Waals surface area contributed by atoms with Gasteiger partial charge in [0.1, 0.15) is 17.3 Å². The fraction of sp³-hybridized carbons (Fsp3) is 0.429. The quantitative estimate of drug-likeness (QED) is 0.333. The van der Waals surface area contributed by atoms with Gasteiger partial charge in [0.2, 0.25) is 0 Å². The Balaban J connectivity index is 1.45. The molecule has 2 N–H and O–H groups in total. The van der Waals surface area contributed by atoms with Gasteiger partial charge in [-0.3, -0.25) is 18.8 Å². The number of rotatable bonds is 11. The summed E-state index contributed by atoms with van der Waals surface area (Å²) in [6, 6.07) is 15.3. The highest BCUT2D eigenvalue weighted by atomic mass is 35.5. The van der Waals surface area contributed by atoms with Gasteiger partial charge < -0.3 is 29.5 Å². The van der Waals surface area contributed by atoms with Crippen LogP contribution in [0.4, 0.5) is 11.5 Å². The van der Waals surface area contributed by atoms with E-state index in [0.717, 1.165) is 48.5 Å². The Morgan fingerprint density at radius 3 is 2.58 bits per heavy atom. The number of ether oxygens (including phenoxy) is 3. The lowest BCUT2D eigenvalue weighted by Crippen LogP contribution is -2.44. The van der Waals surface area contributed by atoms with Gasteiger partial charge in [-0.25, -0.2) is 4.79 Å². The van der Waals surface area contributed by atoms with E-state index in [0.29, 0.717) is 28.8 Å². The maximum absolute atomic E-state index is 13.7. The average Bonchev–Trinajstić information content (AvgIpc) is 3.31. The molecule has 3 heterocycles. The molecule has 2 aliphatic heterocycles. The zero-order chi connectivity index (χ0) is 28.1. The summed E-state index contributed by atoms with van der Waals surface area (Å²) in [4.78, 5) is 31.0. The van der Waals surface area contributed by atoms with E-state index >= 15 is 0 Å². The fourth-order valence-corrected chi connectivity index (χ4v) is 5.04. The second-order valence-corrected chi connectivity index (χ2v) is 10.2. The molecule has 40 heavy (non-hydrogen) atoms. The standard InChI is InChI=1S/C28H34ClN5O6/c1-31-25-24(26(36)33(28(31)37)11-15-39-16-12-35)34(19-20-5-7-22(29)8-6-20)27(30-25)40-23-4-2-3-21(17-23)18-32-9-13-38-14-10-32/h2-8,17,27,30,35H,9-16,18-19H2,1H3. The number of fused-ring (bicyclic) bond motifs is 1. The first-order chi connectivity index (χ1) is 19.4. The lowest BCUT2D eigenvalue weighted by molar-refractivity contribution is 0.0341. The minimum atomic E-state index is -0.746. The van der Waals surface area contributed by atoms with Gasteiger partial charge in [-0.1, -0.05) is 35.9 Å². The van der Waals surface area contributed by atoms with Crippen molar-refractivity contribution in [2.24, 2.45) is 7.05 Å². The molecule has 1 fully saturated rings. The molecule has 5 rings (SSSR count). The minimum Gasteiger partial charge on any atom is -0.452 e. The zero-order valence-electron chi connectivity index (χ0n) is 22.4. The van der Waals surface area contributed by atoms with Crippen molar-refractivity contribution in [1.29, 1.82) is 0 Å². The number of morpholine rings is 1. The first-order valence-corrected chi connectivity index (χ1v) is 13.7. The van der Waals surface area contributed by atoms with Crippen molar-refractivity contribution in [2.75, 3.05) is 56.3 Å². The molecule has 0 radical (unpaired) electrons. The van der Waals surface area contributed by atoms with E-state index in [1.54, 1.807) is 19.2 Å². The van der Waals surface area contributed by atoms with E-state index in [-0.39, 0.29) is 26.4 Å². The van der Waals surface area contributed by atoms with Crippen LogP contribution in [0.2, 0.25) is 5.02 Å². The Morgan fingerprint density at radius 1 is 1.05 bits per heavy atom. The molecule has 0 amide bonds. The topological polar surface area (TPSA) is 110 Å². The molecule has 0 aliphatic carbocycles. The molecule has 1 saturated heterocycles. The highest BCUT2D eigenvalue weighted by molar-refractivity contribution is 6.30. The number of hydrogen-bond acceptors (Lipinski definition) is 9. The van der Waals surface area contributed by atoms with Gasteiger partial charge in [0.15, 0.2) is 0 Å². The SMILES string of the molecule is Cn1c2c(c(=O)n(CCOCCO)c1=O)N(Cc1ccc(Cl)cc1)C(Oc1cccc(CN3CCOCC3)c1)N2. The van der Waals surface area contributed by atoms with E-state index in [1.807, 2.05) is 35.2 Å². The summed E-state index contributed by atoms with van der Waals surface area (Å²) in [6.45, 7) is 4.50. The number of halogens is 1. The first-order valence-electron chi connectivity index (χ1n) is 13.3. The van der Waals surface area contributed by atoms with Crippen molar-refractivity contribution in [3.05, 3.63) is 85.5 Å². The maximum atomic E-state index is 13.7. The van der Waals surface area contributed by atoms with E-state index in [1.165, 1.54) is 4.57 Å². The van der Waals surface area contributed by atoms with Gasteiger partial charge in [-0.2, -0.15) is 0 Å². The van der Waals surface area contributed by atoms with Crippen LogP contribution in [0.25, 0.3) is 0 Å². The van der Waals surface area contributed by atoms with Crippen LogP contribution in [0, 0.1) is 0 Å². The number of aromatic nitrogens is 2. The van der Waals surface area contributed by atoms with Gasteiger partial charge >= 0.3 is 5.69 Å². The van der Waals surface area contributed by atoms with E-state index in [4.69, 9.17) is 30.9 Å². The van der Waals surface area contributed by atoms with Crippen molar-refractivity contribution in [2.45, 2.75) is 26.0 Å². The molecule has 0 spiro atoms. The predicted octanol–water partition coefficient (Wildman–Crippen LogP) is 1.84. The summed E-state index contributed by atoms with van der Waals surface area (Å²) in [5, 5.41) is 12.8. The van der Waals surface area contributed by atoms with Crippen LogP contribution in [0.3, 0.4) is 0 Å². The number of benzene rings is 2. The lowest BCUT2D eigenvalue weighted by Gasteiger charge is -2.28. The molecule has 0 saturated carbocycles. The van der Waals surface area contributed by atoms with Crippen molar-refractivity contribution in [3.8, 4) is 5.75 Å². The second-order valence-electron chi connectivity index (χ2n) is 9.74. The Morgan fingerprint density at radius 2 is 1.82 bits per heavy atom. The molecular formula is C28H34ClN5O6. The number of anilines is 2. The Kier molecular flexibility index (Phi) is 9.08. The van der Waals surface area contributed by atoms with Gasteiger partial charge in [-0.05, 0) is 35.4 Å². The van der Waals surface area contributed by atoms with E-state index in [2.05, 4.69) is 16.3 Å². The molecule has 0 bridgehead atoms. The number of nitrogens with one attached hydrogen (secondary N) is 1. The highest BCUT2D eigenvalue weighted by Gasteiger charge is 2.36.